The van der Waals surface area contributed by atoms with Gasteiger partial charge in [-0.05, 0) is 62.8 Å². The molecule has 0 aliphatic carbocycles. The molecule has 196 valence electrons. The lowest BCUT2D eigenvalue weighted by molar-refractivity contribution is -0.140. The summed E-state index contributed by atoms with van der Waals surface area (Å²) in [6.45, 7) is 4.43. The van der Waals surface area contributed by atoms with Crippen molar-refractivity contribution >= 4 is 23.4 Å². The summed E-state index contributed by atoms with van der Waals surface area (Å²) in [5.74, 6) is -0.341. The number of likely N-dealkylation sites (N-methyl/N-ethyl adjacent to an activating group) is 1. The first kappa shape index (κ1) is 25.2. The number of aromatic nitrogens is 1. The molecule has 1 aromatic carbocycles. The van der Waals surface area contributed by atoms with Crippen LogP contribution in [-0.2, 0) is 14.3 Å². The number of amides is 3. The summed E-state index contributed by atoms with van der Waals surface area (Å²) in [4.78, 5) is 50.4. The lowest BCUT2D eigenvalue weighted by atomic mass is 9.84. The maximum Gasteiger partial charge on any atom is 0.270 e. The van der Waals surface area contributed by atoms with Crippen LogP contribution >= 0.6 is 0 Å². The van der Waals surface area contributed by atoms with Crippen LogP contribution in [0.3, 0.4) is 0 Å². The average molecular weight is 506 g/mol. The lowest BCUT2D eigenvalue weighted by Gasteiger charge is -2.44. The van der Waals surface area contributed by atoms with Gasteiger partial charge in [0.15, 0.2) is 0 Å². The summed E-state index contributed by atoms with van der Waals surface area (Å²) < 4.78 is 5.52. The standard InChI is InChI=1S/C28H35N5O4/c1-20-7-6-10-23(29-20)25(34)30-24(21-11-17-37-18-12-21)26(35)32-15-13-28(14-16-32)27(36)31(2)19-33(28)22-8-4-3-5-9-22/h3-10,21,24H,11-19H2,1-2H3,(H,30,34)/t24-/m1/s1. The Bertz CT molecular complexity index is 1140. The van der Waals surface area contributed by atoms with E-state index >= 15 is 0 Å². The van der Waals surface area contributed by atoms with Crippen molar-refractivity contribution in [2.24, 2.45) is 5.92 Å². The summed E-state index contributed by atoms with van der Waals surface area (Å²) >= 11 is 0. The van der Waals surface area contributed by atoms with Crippen molar-refractivity contribution in [3.8, 4) is 0 Å². The maximum atomic E-state index is 13.9. The van der Waals surface area contributed by atoms with Gasteiger partial charge < -0.3 is 24.8 Å². The molecule has 1 N–H and O–H groups in total. The molecule has 0 radical (unpaired) electrons. The van der Waals surface area contributed by atoms with Crippen molar-refractivity contribution in [2.75, 3.05) is 44.9 Å². The van der Waals surface area contributed by atoms with Crippen molar-refractivity contribution in [2.45, 2.75) is 44.2 Å². The minimum absolute atomic E-state index is 0.00837. The molecule has 2 aromatic rings. The van der Waals surface area contributed by atoms with Gasteiger partial charge in [0.1, 0.15) is 17.3 Å². The molecule has 5 rings (SSSR count). The van der Waals surface area contributed by atoms with Gasteiger partial charge in [0.05, 0.1) is 6.67 Å². The van der Waals surface area contributed by atoms with Crippen molar-refractivity contribution in [1.29, 1.82) is 0 Å². The average Bonchev–Trinajstić information content (AvgIpc) is 3.17. The van der Waals surface area contributed by atoms with Crippen molar-refractivity contribution in [3.05, 3.63) is 59.9 Å². The third kappa shape index (κ3) is 4.92. The molecule has 3 amide bonds. The Labute approximate surface area is 217 Å². The van der Waals surface area contributed by atoms with Crippen LogP contribution in [0.15, 0.2) is 48.5 Å². The molecule has 0 bridgehead atoms. The van der Waals surface area contributed by atoms with Crippen LogP contribution < -0.4 is 10.2 Å². The summed E-state index contributed by atoms with van der Waals surface area (Å²) in [5, 5.41) is 3.01. The number of hydrogen-bond acceptors (Lipinski definition) is 6. The Hall–Kier alpha value is -3.46. The van der Waals surface area contributed by atoms with Crippen LogP contribution in [0.2, 0.25) is 0 Å². The number of likely N-dealkylation sites (tertiary alicyclic amines) is 1. The fourth-order valence-corrected chi connectivity index (χ4v) is 5.91. The van der Waals surface area contributed by atoms with Gasteiger partial charge in [0, 0.05) is 44.7 Å². The highest BCUT2D eigenvalue weighted by atomic mass is 16.5. The number of piperidine rings is 1. The van der Waals surface area contributed by atoms with Crippen LogP contribution in [0, 0.1) is 12.8 Å². The zero-order chi connectivity index (χ0) is 26.0. The summed E-state index contributed by atoms with van der Waals surface area (Å²) in [6, 6.07) is 14.6. The van der Waals surface area contributed by atoms with Gasteiger partial charge in [0.2, 0.25) is 11.8 Å². The fourth-order valence-electron chi connectivity index (χ4n) is 5.91. The molecule has 3 fully saturated rings. The van der Waals surface area contributed by atoms with Crippen LogP contribution in [0.5, 0.6) is 0 Å². The molecular weight excluding hydrogens is 470 g/mol. The van der Waals surface area contributed by atoms with Gasteiger partial charge >= 0.3 is 0 Å². The zero-order valence-corrected chi connectivity index (χ0v) is 21.6. The number of carbonyl (C=O) groups is 3. The quantitative estimate of drug-likeness (QED) is 0.670. The SMILES string of the molecule is Cc1cccc(C(=O)N[C@@H](C(=O)N2CCC3(CC2)C(=O)N(C)CN3c2ccccc2)C2CCOCC2)n1. The van der Waals surface area contributed by atoms with E-state index in [0.717, 1.165) is 11.4 Å². The highest BCUT2D eigenvalue weighted by Crippen LogP contribution is 2.39. The number of aryl methyl sites for hydroxylation is 1. The number of nitrogens with zero attached hydrogens (tertiary/aromatic N) is 4. The van der Waals surface area contributed by atoms with E-state index in [4.69, 9.17) is 4.74 Å². The molecule has 1 atom stereocenters. The number of anilines is 1. The number of para-hydroxylation sites is 1. The Morgan fingerprint density at radius 2 is 1.76 bits per heavy atom. The van der Waals surface area contributed by atoms with Gasteiger partial charge in [0.25, 0.3) is 5.91 Å². The number of carbonyl (C=O) groups excluding carboxylic acids is 3. The maximum absolute atomic E-state index is 13.9. The lowest BCUT2D eigenvalue weighted by Crippen LogP contribution is -2.60. The third-order valence-corrected chi connectivity index (χ3v) is 8.00. The molecule has 3 aliphatic heterocycles. The first-order chi connectivity index (χ1) is 17.9. The van der Waals surface area contributed by atoms with Crippen LogP contribution in [0.1, 0.15) is 41.9 Å². The second kappa shape index (κ2) is 10.5. The fraction of sp³-hybridized carbons (Fsp3) is 0.500. The van der Waals surface area contributed by atoms with Gasteiger partial charge in [-0.2, -0.15) is 0 Å². The van der Waals surface area contributed by atoms with Crippen LogP contribution in [-0.4, -0.2) is 84.1 Å². The molecule has 3 aliphatic rings. The van der Waals surface area contributed by atoms with E-state index in [2.05, 4.69) is 15.2 Å². The highest BCUT2D eigenvalue weighted by molar-refractivity contribution is 5.97. The van der Waals surface area contributed by atoms with E-state index in [9.17, 15) is 14.4 Å². The normalized spacial score (nSPS) is 20.8. The van der Waals surface area contributed by atoms with Crippen molar-refractivity contribution in [1.82, 2.24) is 20.1 Å². The minimum atomic E-state index is -0.657. The Balaban J connectivity index is 1.33. The Kier molecular flexibility index (Phi) is 7.15. The van der Waals surface area contributed by atoms with E-state index in [-0.39, 0.29) is 23.6 Å². The molecule has 0 saturated carbocycles. The Morgan fingerprint density at radius 1 is 1.05 bits per heavy atom. The number of rotatable bonds is 5. The molecule has 9 heteroatoms. The van der Waals surface area contributed by atoms with Crippen molar-refractivity contribution in [3.63, 3.8) is 0 Å². The molecular formula is C28H35N5O4. The van der Waals surface area contributed by atoms with E-state index in [1.165, 1.54) is 0 Å². The van der Waals surface area contributed by atoms with Crippen molar-refractivity contribution < 1.29 is 19.1 Å². The summed E-state index contributed by atoms with van der Waals surface area (Å²) in [7, 11) is 1.83. The molecule has 0 unspecified atom stereocenters. The molecule has 4 heterocycles. The van der Waals surface area contributed by atoms with Gasteiger partial charge in [-0.15, -0.1) is 0 Å². The first-order valence-corrected chi connectivity index (χ1v) is 13.1. The second-order valence-corrected chi connectivity index (χ2v) is 10.3. The number of nitrogens with one attached hydrogen (secondary N) is 1. The second-order valence-electron chi connectivity index (χ2n) is 10.3. The highest BCUT2D eigenvalue weighted by Gasteiger charge is 2.53. The predicted octanol–water partition coefficient (Wildman–Crippen LogP) is 2.21. The van der Waals surface area contributed by atoms with Crippen LogP contribution in [0.25, 0.3) is 0 Å². The first-order valence-electron chi connectivity index (χ1n) is 13.1. The predicted molar refractivity (Wildman–Crippen MR) is 139 cm³/mol. The number of ether oxygens (including phenoxy) is 1. The van der Waals surface area contributed by atoms with Gasteiger partial charge in [-0.25, -0.2) is 4.98 Å². The number of benzene rings is 1. The minimum Gasteiger partial charge on any atom is -0.381 e. The van der Waals surface area contributed by atoms with E-state index in [1.807, 2.05) is 55.3 Å². The van der Waals surface area contributed by atoms with Gasteiger partial charge in [-0.1, -0.05) is 24.3 Å². The topological polar surface area (TPSA) is 95.1 Å². The van der Waals surface area contributed by atoms with Crippen LogP contribution in [0.4, 0.5) is 5.69 Å². The molecule has 37 heavy (non-hydrogen) atoms. The summed E-state index contributed by atoms with van der Waals surface area (Å²) in [5.41, 5.74) is 1.41. The number of pyridine rings is 1. The molecule has 9 nitrogen and oxygen atoms in total. The Morgan fingerprint density at radius 3 is 2.43 bits per heavy atom. The smallest absolute Gasteiger partial charge is 0.270 e. The van der Waals surface area contributed by atoms with E-state index in [0.29, 0.717) is 64.3 Å². The monoisotopic (exact) mass is 505 g/mol. The molecule has 3 saturated heterocycles. The van der Waals surface area contributed by atoms with E-state index < -0.39 is 11.6 Å². The summed E-state index contributed by atoms with van der Waals surface area (Å²) in [6.07, 6.45) is 2.51. The third-order valence-electron chi connectivity index (χ3n) is 8.00. The molecule has 1 aromatic heterocycles. The zero-order valence-electron chi connectivity index (χ0n) is 21.6. The molecule has 1 spiro atoms. The van der Waals surface area contributed by atoms with E-state index in [1.54, 1.807) is 17.0 Å². The number of hydrogen-bond donors (Lipinski definition) is 1. The van der Waals surface area contributed by atoms with Gasteiger partial charge in [-0.3, -0.25) is 14.4 Å². The largest absolute Gasteiger partial charge is 0.381 e.